The van der Waals surface area contributed by atoms with Gasteiger partial charge in [-0.05, 0) is 61.4 Å². The van der Waals surface area contributed by atoms with Crippen LogP contribution in [0.4, 0.5) is 5.69 Å². The maximum atomic E-state index is 13.7. The highest BCUT2D eigenvalue weighted by molar-refractivity contribution is 8.00. The Morgan fingerprint density at radius 3 is 2.26 bits per heavy atom. The highest BCUT2D eigenvalue weighted by atomic mass is 32.2. The lowest BCUT2D eigenvalue weighted by Crippen LogP contribution is -2.18. The number of hydrogen-bond donors (Lipinski definition) is 1. The van der Waals surface area contributed by atoms with Crippen LogP contribution in [0.3, 0.4) is 0 Å². The van der Waals surface area contributed by atoms with Gasteiger partial charge >= 0.3 is 0 Å². The number of thioether (sulfide) groups is 1. The smallest absolute Gasteiger partial charge is 0.270 e. The number of para-hydroxylation sites is 3. The van der Waals surface area contributed by atoms with Crippen molar-refractivity contribution in [1.29, 1.82) is 0 Å². The summed E-state index contributed by atoms with van der Waals surface area (Å²) in [5.74, 6) is -0.669. The number of carbonyl (C=O) groups is 1. The number of aryl methyl sites for hydroxylation is 2. The molecule has 1 amide bonds. The van der Waals surface area contributed by atoms with E-state index in [2.05, 4.69) is 10.3 Å². The largest absolute Gasteiger partial charge is 0.324 e. The molecule has 0 bridgehead atoms. The quantitative estimate of drug-likeness (QED) is 0.360. The first-order valence-electron chi connectivity index (χ1n) is 10.5. The molecule has 8 nitrogen and oxygen atoms in total. The summed E-state index contributed by atoms with van der Waals surface area (Å²) in [4.78, 5) is 17.3. The van der Waals surface area contributed by atoms with Crippen LogP contribution < -0.4 is 5.32 Å². The zero-order chi connectivity index (χ0) is 25.4. The van der Waals surface area contributed by atoms with Gasteiger partial charge in [0, 0.05) is 6.26 Å². The summed E-state index contributed by atoms with van der Waals surface area (Å²) in [5, 5.41) is 2.74. The molecule has 0 spiro atoms. The molecule has 0 saturated heterocycles. The Labute approximate surface area is 208 Å². The Morgan fingerprint density at radius 2 is 1.57 bits per heavy atom. The predicted octanol–water partition coefficient (Wildman–Crippen LogP) is 4.02. The van der Waals surface area contributed by atoms with Crippen molar-refractivity contribution in [2.75, 3.05) is 17.3 Å². The normalized spacial score (nSPS) is 12.1. The van der Waals surface area contributed by atoms with Gasteiger partial charge in [-0.1, -0.05) is 42.1 Å². The highest BCUT2D eigenvalue weighted by Crippen LogP contribution is 2.30. The van der Waals surface area contributed by atoms with Gasteiger partial charge in [-0.2, -0.15) is 0 Å². The standard InChI is InChI=1S/C24H23N3O5S3/c1-16-12-17(2)14-18(13-16)35(31,32)27-21-10-6-4-8-19(21)26-24(27)33-15-23(28)25-20-9-5-7-11-22(20)34(3,29)30/h4-14H,15H2,1-3H3,(H,25,28). The van der Waals surface area contributed by atoms with Crippen LogP contribution in [0, 0.1) is 13.8 Å². The summed E-state index contributed by atoms with van der Waals surface area (Å²) in [5.41, 5.74) is 2.66. The second kappa shape index (κ2) is 9.48. The summed E-state index contributed by atoms with van der Waals surface area (Å²) in [6, 6.07) is 18.0. The second-order valence-electron chi connectivity index (χ2n) is 8.08. The van der Waals surface area contributed by atoms with Crippen LogP contribution in [-0.2, 0) is 24.7 Å². The first-order valence-corrected chi connectivity index (χ1v) is 14.8. The molecular formula is C24H23N3O5S3. The van der Waals surface area contributed by atoms with E-state index in [1.165, 1.54) is 12.1 Å². The molecule has 4 rings (SSSR count). The number of fused-ring (bicyclic) bond motifs is 1. The summed E-state index contributed by atoms with van der Waals surface area (Å²) < 4.78 is 52.5. The number of imidazole rings is 1. The van der Waals surface area contributed by atoms with Crippen LogP contribution in [0.25, 0.3) is 11.0 Å². The van der Waals surface area contributed by atoms with Crippen molar-refractivity contribution >= 4 is 54.3 Å². The lowest BCUT2D eigenvalue weighted by molar-refractivity contribution is -0.113. The van der Waals surface area contributed by atoms with E-state index in [9.17, 15) is 21.6 Å². The lowest BCUT2D eigenvalue weighted by atomic mass is 10.2. The number of benzene rings is 3. The van der Waals surface area contributed by atoms with Crippen LogP contribution in [0.5, 0.6) is 0 Å². The fourth-order valence-electron chi connectivity index (χ4n) is 3.70. The van der Waals surface area contributed by atoms with Crippen molar-refractivity contribution in [2.45, 2.75) is 28.8 Å². The van der Waals surface area contributed by atoms with E-state index in [0.717, 1.165) is 33.1 Å². The Hall–Kier alpha value is -3.15. The molecule has 3 aromatic carbocycles. The van der Waals surface area contributed by atoms with Crippen molar-refractivity contribution in [3.63, 3.8) is 0 Å². The number of hydrogen-bond acceptors (Lipinski definition) is 7. The maximum Gasteiger partial charge on any atom is 0.270 e. The topological polar surface area (TPSA) is 115 Å². The van der Waals surface area contributed by atoms with Crippen molar-refractivity contribution in [2.24, 2.45) is 0 Å². The number of aromatic nitrogens is 2. The van der Waals surface area contributed by atoms with Gasteiger partial charge in [0.15, 0.2) is 15.0 Å². The first kappa shape index (κ1) is 25.0. The van der Waals surface area contributed by atoms with E-state index >= 15 is 0 Å². The first-order chi connectivity index (χ1) is 16.5. The Kier molecular flexibility index (Phi) is 6.76. The predicted molar refractivity (Wildman–Crippen MR) is 137 cm³/mol. The van der Waals surface area contributed by atoms with E-state index in [-0.39, 0.29) is 26.4 Å². The molecule has 11 heteroatoms. The molecule has 35 heavy (non-hydrogen) atoms. The van der Waals surface area contributed by atoms with Crippen LogP contribution in [0.1, 0.15) is 11.1 Å². The molecule has 1 N–H and O–H groups in total. The van der Waals surface area contributed by atoms with Gasteiger partial charge in [0.2, 0.25) is 5.91 Å². The van der Waals surface area contributed by atoms with Crippen molar-refractivity contribution in [1.82, 2.24) is 8.96 Å². The number of amides is 1. The molecule has 0 aliphatic rings. The van der Waals surface area contributed by atoms with Gasteiger partial charge in [0.1, 0.15) is 0 Å². The van der Waals surface area contributed by atoms with Crippen molar-refractivity contribution in [3.8, 4) is 0 Å². The average molecular weight is 530 g/mol. The lowest BCUT2D eigenvalue weighted by Gasteiger charge is -2.12. The van der Waals surface area contributed by atoms with Crippen LogP contribution in [0.15, 0.2) is 81.7 Å². The van der Waals surface area contributed by atoms with Gasteiger partial charge in [0.25, 0.3) is 10.0 Å². The third-order valence-corrected chi connectivity index (χ3v) is 9.01. The molecule has 0 unspecified atom stereocenters. The Balaban J connectivity index is 1.68. The number of carbonyl (C=O) groups excluding carboxylic acids is 1. The van der Waals surface area contributed by atoms with Crippen LogP contribution in [-0.4, -0.2) is 43.7 Å². The zero-order valence-corrected chi connectivity index (χ0v) is 21.7. The van der Waals surface area contributed by atoms with Gasteiger partial charge < -0.3 is 5.32 Å². The Morgan fingerprint density at radius 1 is 0.943 bits per heavy atom. The van der Waals surface area contributed by atoms with E-state index in [1.54, 1.807) is 48.5 Å². The number of nitrogens with zero attached hydrogens (tertiary/aromatic N) is 2. The van der Waals surface area contributed by atoms with Gasteiger partial charge in [-0.3, -0.25) is 4.79 Å². The number of nitrogens with one attached hydrogen (secondary N) is 1. The number of anilines is 1. The van der Waals surface area contributed by atoms with E-state index < -0.39 is 25.8 Å². The van der Waals surface area contributed by atoms with Crippen molar-refractivity contribution in [3.05, 3.63) is 77.9 Å². The highest BCUT2D eigenvalue weighted by Gasteiger charge is 2.26. The SMILES string of the molecule is Cc1cc(C)cc(S(=O)(=O)n2c(SCC(=O)Nc3ccccc3S(C)(=O)=O)nc3ccccc32)c1. The summed E-state index contributed by atoms with van der Waals surface area (Å²) in [6.07, 6.45) is 1.06. The molecule has 0 atom stereocenters. The van der Waals surface area contributed by atoms with Crippen molar-refractivity contribution < 1.29 is 21.6 Å². The molecule has 1 aromatic heterocycles. The number of rotatable bonds is 7. The third-order valence-electron chi connectivity index (χ3n) is 5.12. The van der Waals surface area contributed by atoms with Gasteiger partial charge in [-0.25, -0.2) is 25.8 Å². The molecule has 4 aromatic rings. The molecule has 0 saturated carbocycles. The Bertz CT molecular complexity index is 1640. The van der Waals surface area contributed by atoms with E-state index in [1.807, 2.05) is 19.9 Å². The minimum atomic E-state index is -4.01. The third kappa shape index (κ3) is 5.26. The van der Waals surface area contributed by atoms with Gasteiger partial charge in [0.05, 0.1) is 32.3 Å². The zero-order valence-electron chi connectivity index (χ0n) is 19.2. The molecule has 0 aliphatic carbocycles. The number of sulfone groups is 1. The molecule has 0 radical (unpaired) electrons. The monoisotopic (exact) mass is 529 g/mol. The second-order valence-corrected chi connectivity index (χ2v) is 12.8. The molecule has 0 aliphatic heterocycles. The molecular weight excluding hydrogens is 506 g/mol. The molecule has 1 heterocycles. The maximum absolute atomic E-state index is 13.7. The minimum Gasteiger partial charge on any atom is -0.324 e. The summed E-state index contributed by atoms with van der Waals surface area (Å²) in [6.45, 7) is 3.65. The average Bonchev–Trinajstić information content (AvgIpc) is 3.16. The summed E-state index contributed by atoms with van der Waals surface area (Å²) in [7, 11) is -7.55. The van der Waals surface area contributed by atoms with Crippen LogP contribution >= 0.6 is 11.8 Å². The van der Waals surface area contributed by atoms with E-state index in [0.29, 0.717) is 11.0 Å². The molecule has 0 fully saturated rings. The summed E-state index contributed by atoms with van der Waals surface area (Å²) >= 11 is 0.955. The fourth-order valence-corrected chi connectivity index (χ4v) is 7.25. The minimum absolute atomic E-state index is 0.00276. The van der Waals surface area contributed by atoms with Gasteiger partial charge in [-0.15, -0.1) is 0 Å². The van der Waals surface area contributed by atoms with E-state index in [4.69, 9.17) is 0 Å². The fraction of sp³-hybridized carbons (Fsp3) is 0.167. The van der Waals surface area contributed by atoms with Crippen LogP contribution in [0.2, 0.25) is 0 Å². The molecule has 182 valence electrons.